The Labute approximate surface area is 442 Å². The van der Waals surface area contributed by atoms with Gasteiger partial charge in [0, 0.05) is 43.5 Å². The smallest absolute Gasteiger partial charge is 0.0708 e. The molecule has 0 bridgehead atoms. The molecule has 0 amide bonds. The maximum Gasteiger partial charge on any atom is 0.0708 e. The number of hydrogen-bond donors (Lipinski definition) is 0. The Hall–Kier alpha value is -9.57. The van der Waals surface area contributed by atoms with Crippen LogP contribution in [0.3, 0.4) is 0 Å². The van der Waals surface area contributed by atoms with Crippen molar-refractivity contribution in [1.29, 1.82) is 0 Å². The van der Waals surface area contributed by atoms with Gasteiger partial charge in [-0.15, -0.1) is 0 Å². The summed E-state index contributed by atoms with van der Waals surface area (Å²) in [4.78, 5) is 13.8. The maximum absolute atomic E-state index is 7.80. The van der Waals surface area contributed by atoms with Gasteiger partial charge in [-0.3, -0.25) is 15.0 Å². The molecule has 3 heteroatoms. The third-order valence-electron chi connectivity index (χ3n) is 13.7. The number of hydrogen-bond acceptors (Lipinski definition) is 3. The van der Waals surface area contributed by atoms with Gasteiger partial charge in [-0.2, -0.15) is 0 Å². The van der Waals surface area contributed by atoms with E-state index >= 15 is 0 Å². The first-order valence-corrected chi connectivity index (χ1v) is 24.7. The predicted molar refractivity (Wildman–Crippen MR) is 309 cm³/mol. The monoisotopic (exact) mass is 951 g/mol. The van der Waals surface area contributed by atoms with Crippen molar-refractivity contribution in [2.75, 3.05) is 0 Å². The quantitative estimate of drug-likeness (QED) is 0.130. The highest BCUT2D eigenvalue weighted by atomic mass is 14.7. The van der Waals surface area contributed by atoms with Crippen LogP contribution < -0.4 is 0 Å². The van der Waals surface area contributed by atoms with Crippen molar-refractivity contribution in [3.05, 3.63) is 285 Å². The largest absolute Gasteiger partial charge is 0.256 e. The molecule has 0 aliphatic heterocycles. The van der Waals surface area contributed by atoms with Crippen molar-refractivity contribution in [3.63, 3.8) is 0 Å². The summed E-state index contributed by atoms with van der Waals surface area (Å²) in [6.07, 6.45) is 4.75. The average Bonchev–Trinajstić information content (AvgIpc) is 3.51. The Morgan fingerprint density at radius 3 is 0.932 bits per heavy atom. The van der Waals surface area contributed by atoms with Gasteiger partial charge in [-0.25, -0.2) is 0 Å². The van der Waals surface area contributed by atoms with Crippen molar-refractivity contribution in [2.45, 2.75) is 13.7 Å². The van der Waals surface area contributed by atoms with Crippen LogP contribution >= 0.6 is 0 Å². The first-order valence-electron chi connectivity index (χ1n) is 27.7. The van der Waals surface area contributed by atoms with Crippen LogP contribution in [0.15, 0.2) is 273 Å². The SMILES string of the molecule is [2H]C([2H])([2H])c1ccc(-c2ccc(-c3ccccc3-c3cc(-c4ccccc4-c4ccc(-c5ccc(C([2H])([2H])[2H])cn5)cc4)cc(-c4ccccc4-c4ccc(-c5cc(-c6ccc(-c7ccccc7)cc6)ccn5)cc4)c3)cc2)nc1. The Balaban J connectivity index is 0.921. The molecule has 0 radical (unpaired) electrons. The molecule has 0 unspecified atom stereocenters. The molecule has 0 fully saturated rings. The van der Waals surface area contributed by atoms with E-state index in [1.807, 2.05) is 36.5 Å². The zero-order chi connectivity index (χ0) is 54.8. The summed E-state index contributed by atoms with van der Waals surface area (Å²) in [5, 5.41) is 0. The summed E-state index contributed by atoms with van der Waals surface area (Å²) in [6.45, 7) is -4.44. The minimum Gasteiger partial charge on any atom is -0.256 e. The lowest BCUT2D eigenvalue weighted by Crippen LogP contribution is -1.92. The van der Waals surface area contributed by atoms with E-state index in [1.54, 1.807) is 24.3 Å². The Morgan fingerprint density at radius 2 is 0.554 bits per heavy atom. The van der Waals surface area contributed by atoms with E-state index in [4.69, 9.17) is 13.2 Å². The molecule has 350 valence electrons. The molecular weight excluding hydrogens is 895 g/mol. The third kappa shape index (κ3) is 9.51. The van der Waals surface area contributed by atoms with Gasteiger partial charge in [-0.05, 0) is 156 Å². The van der Waals surface area contributed by atoms with E-state index < -0.39 is 13.7 Å². The van der Waals surface area contributed by atoms with Gasteiger partial charge in [0.15, 0.2) is 0 Å². The maximum atomic E-state index is 7.80. The molecular formula is C71H51N3. The molecule has 12 rings (SSSR count). The number of nitrogens with zero attached hydrogens (tertiary/aromatic N) is 3. The number of benzene rings is 9. The molecule has 74 heavy (non-hydrogen) atoms. The minimum atomic E-state index is -2.22. The van der Waals surface area contributed by atoms with Gasteiger partial charge in [0.1, 0.15) is 0 Å². The minimum absolute atomic E-state index is 0.209. The number of rotatable bonds is 11. The molecule has 0 N–H and O–H groups in total. The summed E-state index contributed by atoms with van der Waals surface area (Å²) in [7, 11) is 0. The zero-order valence-corrected chi connectivity index (χ0v) is 40.3. The first-order chi connectivity index (χ1) is 38.9. The third-order valence-corrected chi connectivity index (χ3v) is 13.7. The molecule has 0 saturated carbocycles. The predicted octanol–water partition coefficient (Wildman–Crippen LogP) is 18.8. The van der Waals surface area contributed by atoms with Crippen LogP contribution in [-0.4, -0.2) is 15.0 Å². The summed E-state index contributed by atoms with van der Waals surface area (Å²) in [6, 6.07) is 87.8. The van der Waals surface area contributed by atoms with Gasteiger partial charge < -0.3 is 0 Å². The van der Waals surface area contributed by atoms with Crippen LogP contribution in [-0.2, 0) is 0 Å². The fraction of sp³-hybridized carbons (Fsp3) is 0.0282. The lowest BCUT2D eigenvalue weighted by atomic mass is 9.86. The van der Waals surface area contributed by atoms with E-state index in [0.717, 1.165) is 100 Å². The second-order valence-corrected chi connectivity index (χ2v) is 18.4. The van der Waals surface area contributed by atoms with Gasteiger partial charge in [0.05, 0.1) is 17.1 Å². The van der Waals surface area contributed by atoms with Crippen LogP contribution in [0, 0.1) is 13.7 Å². The van der Waals surface area contributed by atoms with Gasteiger partial charge in [0.2, 0.25) is 0 Å². The molecule has 12 aromatic rings. The first kappa shape index (κ1) is 39.1. The average molecular weight is 952 g/mol. The zero-order valence-electron chi connectivity index (χ0n) is 46.3. The van der Waals surface area contributed by atoms with Crippen LogP contribution in [0.5, 0.6) is 0 Å². The Kier molecular flexibility index (Phi) is 10.7. The highest BCUT2D eigenvalue weighted by Crippen LogP contribution is 2.43. The Bertz CT molecular complexity index is 3970. The topological polar surface area (TPSA) is 38.7 Å². The van der Waals surface area contributed by atoms with Crippen molar-refractivity contribution >= 4 is 0 Å². The fourth-order valence-electron chi connectivity index (χ4n) is 9.90. The van der Waals surface area contributed by atoms with Gasteiger partial charge >= 0.3 is 0 Å². The second kappa shape index (κ2) is 20.3. The molecule has 9 aromatic carbocycles. The molecule has 0 aliphatic rings. The van der Waals surface area contributed by atoms with Crippen LogP contribution in [0.4, 0.5) is 0 Å². The summed E-state index contributed by atoms with van der Waals surface area (Å²) < 4.78 is 46.8. The van der Waals surface area contributed by atoms with Gasteiger partial charge in [0.25, 0.3) is 0 Å². The van der Waals surface area contributed by atoms with E-state index in [0.29, 0.717) is 11.4 Å². The molecule has 3 nitrogen and oxygen atoms in total. The van der Waals surface area contributed by atoms with Gasteiger partial charge in [-0.1, -0.05) is 212 Å². The van der Waals surface area contributed by atoms with Crippen LogP contribution in [0.1, 0.15) is 19.4 Å². The molecule has 0 atom stereocenters. The standard InChI is InChI=1S/C71H51N3/c1-48-20-38-69(73-46-48)56-32-26-53(27-33-56)63-14-6-9-17-66(63)60-42-61(67-18-10-7-15-64(67)54-28-34-57(35-29-54)70-39-21-49(2)47-74-70)44-62(43-60)68-19-11-8-16-65(68)55-30-36-58(37-31-55)71-45-59(40-41-72-71)52-24-22-51(23-25-52)50-12-4-3-5-13-50/h3-47H,1-2H3/i1D3,2D3. The molecule has 3 heterocycles. The highest BCUT2D eigenvalue weighted by Gasteiger charge is 2.17. The normalized spacial score (nSPS) is 12.6. The molecule has 0 spiro atoms. The fourth-order valence-corrected chi connectivity index (χ4v) is 9.90. The number of pyridine rings is 3. The van der Waals surface area contributed by atoms with Crippen molar-refractivity contribution in [3.8, 4) is 123 Å². The molecule has 3 aromatic heterocycles. The van der Waals surface area contributed by atoms with Crippen molar-refractivity contribution in [2.24, 2.45) is 0 Å². The highest BCUT2D eigenvalue weighted by molar-refractivity contribution is 5.94. The Morgan fingerprint density at radius 1 is 0.230 bits per heavy atom. The van der Waals surface area contributed by atoms with E-state index in [1.165, 1.54) is 23.5 Å². The molecule has 0 saturated heterocycles. The van der Waals surface area contributed by atoms with Crippen molar-refractivity contribution in [1.82, 2.24) is 15.0 Å². The van der Waals surface area contributed by atoms with E-state index in [-0.39, 0.29) is 11.1 Å². The lowest BCUT2D eigenvalue weighted by molar-refractivity contribution is 1.27. The molecule has 0 aliphatic carbocycles. The number of aryl methyl sites for hydroxylation is 2. The summed E-state index contributed by atoms with van der Waals surface area (Å²) >= 11 is 0. The lowest BCUT2D eigenvalue weighted by Gasteiger charge is -2.18. The van der Waals surface area contributed by atoms with Crippen LogP contribution in [0.2, 0.25) is 0 Å². The van der Waals surface area contributed by atoms with Crippen molar-refractivity contribution < 1.29 is 8.22 Å². The van der Waals surface area contributed by atoms with E-state index in [2.05, 4.69) is 210 Å². The second-order valence-electron chi connectivity index (χ2n) is 18.4. The summed E-state index contributed by atoms with van der Waals surface area (Å²) in [5.74, 6) is 0. The van der Waals surface area contributed by atoms with E-state index in [9.17, 15) is 0 Å². The summed E-state index contributed by atoms with van der Waals surface area (Å²) in [5.41, 5.74) is 22.8. The number of aromatic nitrogens is 3. The van der Waals surface area contributed by atoms with Crippen LogP contribution in [0.25, 0.3) is 123 Å².